The summed E-state index contributed by atoms with van der Waals surface area (Å²) in [6.45, 7) is 1.68. The fraction of sp³-hybridized carbons (Fsp3) is 0.176. The first-order valence-electron chi connectivity index (χ1n) is 7.62. The van der Waals surface area contributed by atoms with Crippen LogP contribution in [0.1, 0.15) is 26.3 Å². The number of carbonyl (C=O) groups is 2. The van der Waals surface area contributed by atoms with E-state index in [0.717, 1.165) is 6.07 Å². The molecule has 0 saturated carbocycles. The molecule has 2 aromatic carbocycles. The summed E-state index contributed by atoms with van der Waals surface area (Å²) < 4.78 is 25.4. The van der Waals surface area contributed by atoms with Crippen LogP contribution < -0.4 is 11.1 Å². The molecule has 27 heavy (non-hydrogen) atoms. The number of benzene rings is 2. The van der Waals surface area contributed by atoms with Crippen LogP contribution in [0.4, 0.5) is 5.69 Å². The smallest absolute Gasteiger partial charge is 0.266 e. The van der Waals surface area contributed by atoms with E-state index in [4.69, 9.17) is 22.2 Å². The van der Waals surface area contributed by atoms with Crippen molar-refractivity contribution in [3.05, 3.63) is 58.1 Å². The number of carbonyl (C=O) groups excluding carboxylic acids is 2. The molecule has 3 N–H and O–H groups in total. The zero-order chi connectivity index (χ0) is 20.4. The number of aryl methyl sites for hydroxylation is 1. The van der Waals surface area contributed by atoms with Gasteiger partial charge in [-0.25, -0.2) is 8.42 Å². The predicted octanol–water partition coefficient (Wildman–Crippen LogP) is 2.18. The average Bonchev–Trinajstić information content (AvgIpc) is 2.60. The molecule has 8 nitrogen and oxygen atoms in total. The topological polar surface area (TPSA) is 119 Å². The predicted molar refractivity (Wildman–Crippen MR) is 101 cm³/mol. The summed E-state index contributed by atoms with van der Waals surface area (Å²) in [6, 6.07) is 8.48. The molecule has 10 heteroatoms. The Morgan fingerprint density at radius 3 is 2.41 bits per heavy atom. The van der Waals surface area contributed by atoms with Crippen LogP contribution in [0.2, 0.25) is 5.02 Å². The second-order valence-electron chi connectivity index (χ2n) is 5.59. The van der Waals surface area contributed by atoms with E-state index in [1.807, 2.05) is 0 Å². The number of nitrogens with one attached hydrogen (secondary N) is 1. The Bertz CT molecular complexity index is 1010. The van der Waals surface area contributed by atoms with Gasteiger partial charge in [0.1, 0.15) is 4.90 Å². The summed E-state index contributed by atoms with van der Waals surface area (Å²) >= 11 is 5.98. The molecule has 0 heterocycles. The van der Waals surface area contributed by atoms with Gasteiger partial charge in [0.25, 0.3) is 15.9 Å². The Hall–Kier alpha value is -2.46. The maximum atomic E-state index is 12.5. The molecule has 0 aliphatic rings. The fourth-order valence-corrected chi connectivity index (χ4v) is 3.77. The summed E-state index contributed by atoms with van der Waals surface area (Å²) in [4.78, 5) is 28.2. The van der Waals surface area contributed by atoms with Crippen molar-refractivity contribution in [2.45, 2.75) is 11.8 Å². The first-order chi connectivity index (χ1) is 12.6. The van der Waals surface area contributed by atoms with E-state index in [2.05, 4.69) is 5.32 Å². The van der Waals surface area contributed by atoms with Gasteiger partial charge >= 0.3 is 0 Å². The number of halogens is 1. The molecule has 0 aromatic heterocycles. The number of amides is 2. The molecule has 2 amide bonds. The molecule has 0 bridgehead atoms. The number of rotatable bonds is 6. The Balaban J connectivity index is 2.34. The second kappa shape index (κ2) is 8.05. The number of nitrogens with zero attached hydrogens (tertiary/aromatic N) is 1. The van der Waals surface area contributed by atoms with Gasteiger partial charge in [0, 0.05) is 23.9 Å². The monoisotopic (exact) mass is 411 g/mol. The first-order valence-corrected chi connectivity index (χ1v) is 9.44. The lowest BCUT2D eigenvalue weighted by molar-refractivity contribution is -0.0258. The molecule has 0 aliphatic carbocycles. The summed E-state index contributed by atoms with van der Waals surface area (Å²) in [5, 5.41) is 2.59. The molecule has 0 spiro atoms. The van der Waals surface area contributed by atoms with E-state index < -0.39 is 21.8 Å². The van der Waals surface area contributed by atoms with Gasteiger partial charge in [-0.1, -0.05) is 16.1 Å². The standard InChI is InChI=1S/C17H18ClN3O5S/c1-10-8-12(5-6-13(10)16(19)22)20-17(23)11-4-7-14(18)15(9-11)27(24,25)21(2)26-3/h4-9H,1-3H3,(H2,19,22)(H,20,23). The molecule has 0 saturated heterocycles. The third kappa shape index (κ3) is 4.45. The van der Waals surface area contributed by atoms with Crippen LogP contribution in [0.3, 0.4) is 0 Å². The number of sulfonamides is 1. The van der Waals surface area contributed by atoms with E-state index >= 15 is 0 Å². The van der Waals surface area contributed by atoms with Gasteiger partial charge < -0.3 is 11.1 Å². The van der Waals surface area contributed by atoms with Crippen molar-refractivity contribution in [3.8, 4) is 0 Å². The lowest BCUT2D eigenvalue weighted by Crippen LogP contribution is -2.26. The van der Waals surface area contributed by atoms with E-state index in [9.17, 15) is 18.0 Å². The van der Waals surface area contributed by atoms with Gasteiger partial charge in [0.15, 0.2) is 0 Å². The van der Waals surface area contributed by atoms with Gasteiger partial charge in [0.05, 0.1) is 12.1 Å². The highest BCUT2D eigenvalue weighted by Gasteiger charge is 2.25. The highest BCUT2D eigenvalue weighted by Crippen LogP contribution is 2.26. The average molecular weight is 412 g/mol. The number of hydrogen-bond donors (Lipinski definition) is 2. The van der Waals surface area contributed by atoms with Crippen LogP contribution in [0.5, 0.6) is 0 Å². The molecular formula is C17H18ClN3O5S. The molecule has 0 aliphatic heterocycles. The zero-order valence-electron chi connectivity index (χ0n) is 14.8. The summed E-state index contributed by atoms with van der Waals surface area (Å²) in [7, 11) is -1.62. The maximum Gasteiger partial charge on any atom is 0.266 e. The van der Waals surface area contributed by atoms with E-state index in [-0.39, 0.29) is 15.5 Å². The molecular weight excluding hydrogens is 394 g/mol. The lowest BCUT2D eigenvalue weighted by Gasteiger charge is -2.16. The zero-order valence-corrected chi connectivity index (χ0v) is 16.4. The molecule has 0 radical (unpaired) electrons. The first kappa shape index (κ1) is 20.8. The fourth-order valence-electron chi connectivity index (χ4n) is 2.30. The third-order valence-corrected chi connectivity index (χ3v) is 5.98. The Labute approximate surface area is 161 Å². The summed E-state index contributed by atoms with van der Waals surface area (Å²) in [5.41, 5.74) is 6.71. The Kier molecular flexibility index (Phi) is 6.22. The lowest BCUT2D eigenvalue weighted by atomic mass is 10.1. The maximum absolute atomic E-state index is 12.5. The van der Waals surface area contributed by atoms with Crippen molar-refractivity contribution in [2.75, 3.05) is 19.5 Å². The van der Waals surface area contributed by atoms with Crippen molar-refractivity contribution < 1.29 is 22.8 Å². The second-order valence-corrected chi connectivity index (χ2v) is 7.90. The van der Waals surface area contributed by atoms with Crippen molar-refractivity contribution in [1.82, 2.24) is 4.47 Å². The Morgan fingerprint density at radius 1 is 1.19 bits per heavy atom. The molecule has 2 aromatic rings. The van der Waals surface area contributed by atoms with Gasteiger partial charge in [-0.05, 0) is 48.9 Å². The van der Waals surface area contributed by atoms with Crippen LogP contribution in [0, 0.1) is 6.92 Å². The van der Waals surface area contributed by atoms with Crippen molar-refractivity contribution in [2.24, 2.45) is 5.73 Å². The van der Waals surface area contributed by atoms with Crippen LogP contribution >= 0.6 is 11.6 Å². The largest absolute Gasteiger partial charge is 0.366 e. The van der Waals surface area contributed by atoms with E-state index in [0.29, 0.717) is 21.3 Å². The van der Waals surface area contributed by atoms with Crippen LogP contribution in [-0.2, 0) is 14.9 Å². The highest BCUT2D eigenvalue weighted by molar-refractivity contribution is 7.89. The third-order valence-electron chi connectivity index (χ3n) is 3.82. The molecule has 0 atom stereocenters. The van der Waals surface area contributed by atoms with E-state index in [1.165, 1.54) is 38.4 Å². The number of nitrogens with two attached hydrogens (primary N) is 1. The summed E-state index contributed by atoms with van der Waals surface area (Å²) in [5.74, 6) is -1.12. The molecule has 2 rings (SSSR count). The van der Waals surface area contributed by atoms with Crippen LogP contribution in [0.15, 0.2) is 41.3 Å². The number of primary amides is 1. The number of hydrogen-bond acceptors (Lipinski definition) is 5. The quantitative estimate of drug-likeness (QED) is 0.706. The minimum Gasteiger partial charge on any atom is -0.366 e. The molecule has 0 fully saturated rings. The molecule has 144 valence electrons. The molecule has 0 unspecified atom stereocenters. The minimum absolute atomic E-state index is 0.0443. The van der Waals surface area contributed by atoms with Crippen LogP contribution in [0.25, 0.3) is 0 Å². The Morgan fingerprint density at radius 2 is 1.85 bits per heavy atom. The highest BCUT2D eigenvalue weighted by atomic mass is 35.5. The van der Waals surface area contributed by atoms with Gasteiger partial charge in [-0.15, -0.1) is 0 Å². The number of anilines is 1. The van der Waals surface area contributed by atoms with Crippen molar-refractivity contribution in [1.29, 1.82) is 0 Å². The van der Waals surface area contributed by atoms with Crippen molar-refractivity contribution >= 4 is 39.1 Å². The van der Waals surface area contributed by atoms with Gasteiger partial charge in [0.2, 0.25) is 5.91 Å². The summed E-state index contributed by atoms with van der Waals surface area (Å²) in [6.07, 6.45) is 0. The SMILES string of the molecule is CON(C)S(=O)(=O)c1cc(C(=O)Nc2ccc(C(N)=O)c(C)c2)ccc1Cl. The van der Waals surface area contributed by atoms with Gasteiger partial charge in [-0.3, -0.25) is 14.4 Å². The van der Waals surface area contributed by atoms with E-state index in [1.54, 1.807) is 13.0 Å². The normalized spacial score (nSPS) is 11.4. The minimum atomic E-state index is -4.02. The van der Waals surface area contributed by atoms with Crippen molar-refractivity contribution in [3.63, 3.8) is 0 Å². The van der Waals surface area contributed by atoms with Crippen LogP contribution in [-0.4, -0.2) is 38.9 Å². The number of hydroxylamine groups is 1. The van der Waals surface area contributed by atoms with Gasteiger partial charge in [-0.2, -0.15) is 0 Å².